The Bertz CT molecular complexity index is 662. The van der Waals surface area contributed by atoms with Crippen molar-refractivity contribution in [3.8, 4) is 0 Å². The molecular formula is C16H17ClN4O2. The summed E-state index contributed by atoms with van der Waals surface area (Å²) in [6.45, 7) is 0.372. The van der Waals surface area contributed by atoms with E-state index in [9.17, 15) is 9.59 Å². The van der Waals surface area contributed by atoms with Crippen LogP contribution in [0.1, 0.15) is 23.6 Å². The number of nitrogens with one attached hydrogen (secondary N) is 2. The van der Waals surface area contributed by atoms with Crippen molar-refractivity contribution in [3.05, 3.63) is 64.9 Å². The van der Waals surface area contributed by atoms with Crippen LogP contribution in [-0.2, 0) is 11.3 Å². The van der Waals surface area contributed by atoms with Crippen LogP contribution in [0.3, 0.4) is 0 Å². The average molecular weight is 333 g/mol. The maximum atomic E-state index is 12.1. The highest BCUT2D eigenvalue weighted by molar-refractivity contribution is 6.30. The number of hydrogen-bond donors (Lipinski definition) is 3. The summed E-state index contributed by atoms with van der Waals surface area (Å²) >= 11 is 5.85. The van der Waals surface area contributed by atoms with Gasteiger partial charge in [0, 0.05) is 24.0 Å². The van der Waals surface area contributed by atoms with Crippen molar-refractivity contribution < 1.29 is 9.59 Å². The molecule has 0 saturated carbocycles. The minimum atomic E-state index is -0.690. The van der Waals surface area contributed by atoms with Gasteiger partial charge in [0.25, 0.3) is 0 Å². The van der Waals surface area contributed by atoms with Gasteiger partial charge in [-0.2, -0.15) is 0 Å². The predicted octanol–water partition coefficient (Wildman–Crippen LogP) is 2.15. The molecule has 1 aromatic heterocycles. The molecular weight excluding hydrogens is 316 g/mol. The fourth-order valence-corrected chi connectivity index (χ4v) is 2.21. The number of halogens is 1. The molecule has 0 aliphatic rings. The average Bonchev–Trinajstić information content (AvgIpc) is 2.53. The molecule has 1 unspecified atom stereocenters. The number of pyridine rings is 1. The third kappa shape index (κ3) is 5.60. The van der Waals surface area contributed by atoms with Gasteiger partial charge in [0.1, 0.15) is 0 Å². The minimum absolute atomic E-state index is 0.0742. The molecule has 120 valence electrons. The number of amides is 3. The number of carbonyl (C=O) groups excluding carboxylic acids is 2. The van der Waals surface area contributed by atoms with Gasteiger partial charge in [-0.25, -0.2) is 4.79 Å². The number of nitrogens with zero attached hydrogens (tertiary/aromatic N) is 1. The lowest BCUT2D eigenvalue weighted by atomic mass is 10.0. The second kappa shape index (κ2) is 8.14. The molecule has 3 amide bonds. The number of carbonyl (C=O) groups is 2. The molecule has 1 aromatic carbocycles. The normalized spacial score (nSPS) is 11.5. The first-order valence-electron chi connectivity index (χ1n) is 7.01. The summed E-state index contributed by atoms with van der Waals surface area (Å²) in [6, 6.07) is 9.34. The molecule has 23 heavy (non-hydrogen) atoms. The van der Waals surface area contributed by atoms with Crippen LogP contribution in [0.5, 0.6) is 0 Å². The summed E-state index contributed by atoms with van der Waals surface area (Å²) in [7, 11) is 0. The number of hydrogen-bond acceptors (Lipinski definition) is 3. The fraction of sp³-hybridized carbons (Fsp3) is 0.188. The van der Waals surface area contributed by atoms with Crippen LogP contribution in [-0.4, -0.2) is 16.9 Å². The first-order chi connectivity index (χ1) is 11.0. The Labute approximate surface area is 139 Å². The van der Waals surface area contributed by atoms with E-state index >= 15 is 0 Å². The van der Waals surface area contributed by atoms with Gasteiger partial charge in [-0.3, -0.25) is 9.78 Å². The number of urea groups is 1. The van der Waals surface area contributed by atoms with E-state index in [1.54, 1.807) is 42.7 Å². The van der Waals surface area contributed by atoms with Gasteiger partial charge in [-0.05, 0) is 29.3 Å². The molecule has 6 nitrogen and oxygen atoms in total. The second-order valence-electron chi connectivity index (χ2n) is 4.95. The molecule has 1 heterocycles. The van der Waals surface area contributed by atoms with Crippen LogP contribution in [0, 0.1) is 0 Å². The molecule has 0 saturated heterocycles. The van der Waals surface area contributed by atoms with Crippen molar-refractivity contribution >= 4 is 23.5 Å². The van der Waals surface area contributed by atoms with Crippen LogP contribution in [0.2, 0.25) is 5.02 Å². The topological polar surface area (TPSA) is 97.1 Å². The molecule has 4 N–H and O–H groups in total. The Morgan fingerprint density at radius 3 is 2.57 bits per heavy atom. The number of nitrogens with two attached hydrogens (primary N) is 1. The summed E-state index contributed by atoms with van der Waals surface area (Å²) in [5.74, 6) is -0.206. The van der Waals surface area contributed by atoms with Gasteiger partial charge in [-0.15, -0.1) is 0 Å². The van der Waals surface area contributed by atoms with E-state index in [2.05, 4.69) is 15.6 Å². The molecule has 2 aromatic rings. The van der Waals surface area contributed by atoms with Crippen molar-refractivity contribution in [1.29, 1.82) is 0 Å². The molecule has 0 fully saturated rings. The minimum Gasteiger partial charge on any atom is -0.352 e. The van der Waals surface area contributed by atoms with Gasteiger partial charge >= 0.3 is 6.03 Å². The lowest BCUT2D eigenvalue weighted by molar-refractivity contribution is -0.121. The van der Waals surface area contributed by atoms with Crippen molar-refractivity contribution in [3.63, 3.8) is 0 Å². The Morgan fingerprint density at radius 2 is 1.96 bits per heavy atom. The molecule has 0 aliphatic heterocycles. The van der Waals surface area contributed by atoms with Crippen LogP contribution in [0.4, 0.5) is 4.79 Å². The number of benzene rings is 1. The first-order valence-corrected chi connectivity index (χ1v) is 7.39. The van der Waals surface area contributed by atoms with Crippen molar-refractivity contribution in [2.45, 2.75) is 19.0 Å². The number of aromatic nitrogens is 1. The van der Waals surface area contributed by atoms with E-state index in [0.29, 0.717) is 11.6 Å². The van der Waals surface area contributed by atoms with Gasteiger partial charge < -0.3 is 16.4 Å². The van der Waals surface area contributed by atoms with E-state index < -0.39 is 12.1 Å². The lowest BCUT2D eigenvalue weighted by Gasteiger charge is -2.18. The molecule has 7 heteroatoms. The predicted molar refractivity (Wildman–Crippen MR) is 87.6 cm³/mol. The third-order valence-corrected chi connectivity index (χ3v) is 3.44. The summed E-state index contributed by atoms with van der Waals surface area (Å²) in [4.78, 5) is 27.2. The number of rotatable bonds is 6. The molecule has 0 bridgehead atoms. The molecule has 1 atom stereocenters. The molecule has 0 aliphatic carbocycles. The Hall–Kier alpha value is -2.60. The summed E-state index contributed by atoms with van der Waals surface area (Å²) in [5.41, 5.74) is 6.83. The summed E-state index contributed by atoms with van der Waals surface area (Å²) < 4.78 is 0. The van der Waals surface area contributed by atoms with Gasteiger partial charge in [0.15, 0.2) is 0 Å². The SMILES string of the molecule is NC(=O)NC(CC(=O)NCc1cccnc1)c1ccc(Cl)cc1. The van der Waals surface area contributed by atoms with E-state index in [0.717, 1.165) is 11.1 Å². The van der Waals surface area contributed by atoms with Crippen LogP contribution < -0.4 is 16.4 Å². The highest BCUT2D eigenvalue weighted by Crippen LogP contribution is 2.19. The third-order valence-electron chi connectivity index (χ3n) is 3.19. The largest absolute Gasteiger partial charge is 0.352 e. The smallest absolute Gasteiger partial charge is 0.312 e. The Morgan fingerprint density at radius 1 is 1.22 bits per heavy atom. The summed E-state index contributed by atoms with van der Waals surface area (Å²) in [5, 5.41) is 5.93. The fourth-order valence-electron chi connectivity index (χ4n) is 2.08. The standard InChI is InChI=1S/C16H17ClN4O2/c17-13-5-3-12(4-6-13)14(21-16(18)23)8-15(22)20-10-11-2-1-7-19-9-11/h1-7,9,14H,8,10H2,(H,20,22)(H3,18,21,23). The van der Waals surface area contributed by atoms with Crippen LogP contribution in [0.25, 0.3) is 0 Å². The molecule has 2 rings (SSSR count). The van der Waals surface area contributed by atoms with Gasteiger partial charge in [0.2, 0.25) is 5.91 Å². The molecule has 0 spiro atoms. The number of primary amides is 1. The monoisotopic (exact) mass is 332 g/mol. The van der Waals surface area contributed by atoms with Crippen LogP contribution >= 0.6 is 11.6 Å². The highest BCUT2D eigenvalue weighted by atomic mass is 35.5. The van der Waals surface area contributed by atoms with Gasteiger partial charge in [0.05, 0.1) is 12.5 Å². The van der Waals surface area contributed by atoms with Crippen molar-refractivity contribution in [2.75, 3.05) is 0 Å². The zero-order valence-corrected chi connectivity index (χ0v) is 13.1. The zero-order valence-electron chi connectivity index (χ0n) is 12.3. The highest BCUT2D eigenvalue weighted by Gasteiger charge is 2.17. The zero-order chi connectivity index (χ0) is 16.7. The van der Waals surface area contributed by atoms with E-state index in [4.69, 9.17) is 17.3 Å². The molecule has 0 radical (unpaired) electrons. The Balaban J connectivity index is 1.98. The maximum Gasteiger partial charge on any atom is 0.312 e. The van der Waals surface area contributed by atoms with E-state index in [-0.39, 0.29) is 12.3 Å². The van der Waals surface area contributed by atoms with E-state index in [1.807, 2.05) is 6.07 Å². The summed E-state index contributed by atoms with van der Waals surface area (Å²) in [6.07, 6.45) is 3.42. The van der Waals surface area contributed by atoms with Crippen molar-refractivity contribution in [2.24, 2.45) is 5.73 Å². The quantitative estimate of drug-likeness (QED) is 0.756. The Kier molecular flexibility index (Phi) is 5.94. The first kappa shape index (κ1) is 16.8. The van der Waals surface area contributed by atoms with E-state index in [1.165, 1.54) is 0 Å². The van der Waals surface area contributed by atoms with Crippen LogP contribution in [0.15, 0.2) is 48.8 Å². The lowest BCUT2D eigenvalue weighted by Crippen LogP contribution is -2.36. The van der Waals surface area contributed by atoms with Crippen molar-refractivity contribution in [1.82, 2.24) is 15.6 Å². The maximum absolute atomic E-state index is 12.1. The van der Waals surface area contributed by atoms with Gasteiger partial charge in [-0.1, -0.05) is 29.8 Å². The second-order valence-corrected chi connectivity index (χ2v) is 5.39.